The number of aliphatic carboxylic acids is 2. The molecular weight excluding hydrogens is 388 g/mol. The average Bonchev–Trinajstić information content (AvgIpc) is 3.16. The van der Waals surface area contributed by atoms with Crippen LogP contribution >= 0.6 is 0 Å². The molecule has 0 saturated carbocycles. The standard InChI is InChI=1S/C17H28N4O8/c1-8(19-15(26)10-4-3-7-18-10)14(25)20-11(5-6-12(23)24)16(27)21-13(9(2)22)17(28)29/h8-11,13,18,22H,3-7H2,1-2H3,(H,19,26)(H,20,25)(H,21,27)(H,23,24)(H,28,29). The van der Waals surface area contributed by atoms with E-state index in [9.17, 15) is 29.1 Å². The van der Waals surface area contributed by atoms with E-state index >= 15 is 0 Å². The van der Waals surface area contributed by atoms with Crippen molar-refractivity contribution in [2.75, 3.05) is 6.54 Å². The molecule has 0 bridgehead atoms. The highest BCUT2D eigenvalue weighted by Crippen LogP contribution is 2.06. The molecule has 3 amide bonds. The highest BCUT2D eigenvalue weighted by Gasteiger charge is 2.31. The summed E-state index contributed by atoms with van der Waals surface area (Å²) in [6.45, 7) is 3.27. The first-order valence-electron chi connectivity index (χ1n) is 9.30. The molecular formula is C17H28N4O8. The predicted octanol–water partition coefficient (Wildman–Crippen LogP) is -2.46. The molecule has 0 aromatic heterocycles. The molecule has 1 fully saturated rings. The van der Waals surface area contributed by atoms with Gasteiger partial charge in [-0.3, -0.25) is 19.2 Å². The first-order chi connectivity index (χ1) is 13.5. The maximum absolute atomic E-state index is 12.4. The Kier molecular flexibility index (Phi) is 9.48. The van der Waals surface area contributed by atoms with Gasteiger partial charge < -0.3 is 36.6 Å². The van der Waals surface area contributed by atoms with Crippen LogP contribution in [0.3, 0.4) is 0 Å². The minimum Gasteiger partial charge on any atom is -0.481 e. The first kappa shape index (κ1) is 24.3. The Hall–Kier alpha value is -2.73. The summed E-state index contributed by atoms with van der Waals surface area (Å²) in [6, 6.07) is -4.39. The topological polar surface area (TPSA) is 194 Å². The summed E-state index contributed by atoms with van der Waals surface area (Å²) in [5.74, 6) is -4.75. The van der Waals surface area contributed by atoms with Gasteiger partial charge in [0.1, 0.15) is 12.1 Å². The van der Waals surface area contributed by atoms with Crippen molar-refractivity contribution >= 4 is 29.7 Å². The predicted molar refractivity (Wildman–Crippen MR) is 98.7 cm³/mol. The van der Waals surface area contributed by atoms with Crippen LogP contribution in [0.1, 0.15) is 39.5 Å². The van der Waals surface area contributed by atoms with E-state index in [0.717, 1.165) is 6.42 Å². The second kappa shape index (κ2) is 11.3. The third kappa shape index (κ3) is 8.03. The number of nitrogens with one attached hydrogen (secondary N) is 4. The average molecular weight is 416 g/mol. The lowest BCUT2D eigenvalue weighted by Gasteiger charge is -2.24. The van der Waals surface area contributed by atoms with Gasteiger partial charge in [0, 0.05) is 6.42 Å². The van der Waals surface area contributed by atoms with Crippen LogP contribution in [-0.2, 0) is 24.0 Å². The highest BCUT2D eigenvalue weighted by atomic mass is 16.4. The third-order valence-electron chi connectivity index (χ3n) is 4.45. The van der Waals surface area contributed by atoms with E-state index in [4.69, 9.17) is 10.2 Å². The van der Waals surface area contributed by atoms with Gasteiger partial charge in [-0.15, -0.1) is 0 Å². The van der Waals surface area contributed by atoms with Crippen LogP contribution in [0.2, 0.25) is 0 Å². The summed E-state index contributed by atoms with van der Waals surface area (Å²) in [6.07, 6.45) is -0.699. The van der Waals surface area contributed by atoms with Crippen molar-refractivity contribution in [1.82, 2.24) is 21.3 Å². The number of carboxylic acids is 2. The fraction of sp³-hybridized carbons (Fsp3) is 0.706. The van der Waals surface area contributed by atoms with Crippen LogP contribution in [0.15, 0.2) is 0 Å². The summed E-state index contributed by atoms with van der Waals surface area (Å²) in [5, 5.41) is 37.3. The van der Waals surface area contributed by atoms with Gasteiger partial charge in [0.15, 0.2) is 6.04 Å². The van der Waals surface area contributed by atoms with Crippen molar-refractivity contribution in [2.45, 2.75) is 69.8 Å². The quantitative estimate of drug-likeness (QED) is 0.191. The van der Waals surface area contributed by atoms with Crippen molar-refractivity contribution in [3.8, 4) is 0 Å². The van der Waals surface area contributed by atoms with Gasteiger partial charge in [0.25, 0.3) is 0 Å². The normalized spacial score (nSPS) is 20.0. The number of rotatable bonds is 11. The first-order valence-corrected chi connectivity index (χ1v) is 9.30. The number of aliphatic hydroxyl groups is 1. The van der Waals surface area contributed by atoms with Crippen LogP contribution in [0.5, 0.6) is 0 Å². The van der Waals surface area contributed by atoms with Gasteiger partial charge in [-0.2, -0.15) is 0 Å². The summed E-state index contributed by atoms with van der Waals surface area (Å²) in [5.41, 5.74) is 0. The largest absolute Gasteiger partial charge is 0.481 e. The van der Waals surface area contributed by atoms with E-state index in [0.29, 0.717) is 13.0 Å². The fourth-order valence-electron chi connectivity index (χ4n) is 2.76. The van der Waals surface area contributed by atoms with Gasteiger partial charge in [0.2, 0.25) is 17.7 Å². The van der Waals surface area contributed by atoms with Gasteiger partial charge in [0.05, 0.1) is 12.1 Å². The van der Waals surface area contributed by atoms with Crippen LogP contribution < -0.4 is 21.3 Å². The molecule has 5 atom stereocenters. The molecule has 0 spiro atoms. The second-order valence-electron chi connectivity index (χ2n) is 6.94. The Morgan fingerprint density at radius 3 is 2.17 bits per heavy atom. The van der Waals surface area contributed by atoms with Crippen molar-refractivity contribution < 1.29 is 39.3 Å². The molecule has 1 rings (SSSR count). The number of carboxylic acid groups (broad SMARTS) is 2. The maximum Gasteiger partial charge on any atom is 0.328 e. The van der Waals surface area contributed by atoms with Gasteiger partial charge in [-0.05, 0) is 39.7 Å². The molecule has 0 aromatic carbocycles. The lowest BCUT2D eigenvalue weighted by molar-refractivity contribution is -0.145. The van der Waals surface area contributed by atoms with Crippen molar-refractivity contribution in [1.29, 1.82) is 0 Å². The van der Waals surface area contributed by atoms with Gasteiger partial charge in [-0.1, -0.05) is 0 Å². The van der Waals surface area contributed by atoms with E-state index in [1.165, 1.54) is 13.8 Å². The summed E-state index contributed by atoms with van der Waals surface area (Å²) < 4.78 is 0. The monoisotopic (exact) mass is 416 g/mol. The summed E-state index contributed by atoms with van der Waals surface area (Å²) in [4.78, 5) is 58.8. The van der Waals surface area contributed by atoms with Crippen LogP contribution in [-0.4, -0.2) is 81.8 Å². The zero-order chi connectivity index (χ0) is 22.1. The number of aliphatic hydroxyl groups excluding tert-OH is 1. The van der Waals surface area contributed by atoms with Crippen LogP contribution in [0, 0.1) is 0 Å². The lowest BCUT2D eigenvalue weighted by Crippen LogP contribution is -2.57. The molecule has 1 aliphatic heterocycles. The molecule has 1 aliphatic rings. The molecule has 1 saturated heterocycles. The minimum atomic E-state index is -1.63. The molecule has 7 N–H and O–H groups in total. The molecule has 0 radical (unpaired) electrons. The van der Waals surface area contributed by atoms with Gasteiger partial charge >= 0.3 is 11.9 Å². The van der Waals surface area contributed by atoms with Crippen LogP contribution in [0.4, 0.5) is 0 Å². The smallest absolute Gasteiger partial charge is 0.328 e. The number of hydrogen-bond donors (Lipinski definition) is 7. The van der Waals surface area contributed by atoms with Crippen LogP contribution in [0.25, 0.3) is 0 Å². The molecule has 5 unspecified atom stereocenters. The van der Waals surface area contributed by atoms with E-state index in [1.807, 2.05) is 0 Å². The molecule has 12 heteroatoms. The molecule has 0 aromatic rings. The lowest BCUT2D eigenvalue weighted by atomic mass is 10.1. The molecule has 164 valence electrons. The second-order valence-corrected chi connectivity index (χ2v) is 6.94. The summed E-state index contributed by atoms with van der Waals surface area (Å²) in [7, 11) is 0. The van der Waals surface area contributed by atoms with E-state index in [1.54, 1.807) is 0 Å². The molecule has 0 aliphatic carbocycles. The number of carbonyl (C=O) groups excluding carboxylic acids is 3. The maximum atomic E-state index is 12.4. The zero-order valence-corrected chi connectivity index (χ0v) is 16.3. The number of amides is 3. The van der Waals surface area contributed by atoms with Crippen molar-refractivity contribution in [2.24, 2.45) is 0 Å². The summed E-state index contributed by atoms with van der Waals surface area (Å²) >= 11 is 0. The highest BCUT2D eigenvalue weighted by molar-refractivity contribution is 5.94. The minimum absolute atomic E-state index is 0.302. The number of carbonyl (C=O) groups is 5. The Balaban J connectivity index is 2.75. The molecule has 29 heavy (non-hydrogen) atoms. The number of hydrogen-bond acceptors (Lipinski definition) is 7. The Morgan fingerprint density at radius 1 is 1.03 bits per heavy atom. The molecule has 1 heterocycles. The van der Waals surface area contributed by atoms with E-state index in [-0.39, 0.29) is 12.3 Å². The van der Waals surface area contributed by atoms with Crippen molar-refractivity contribution in [3.63, 3.8) is 0 Å². The third-order valence-corrected chi connectivity index (χ3v) is 4.45. The fourth-order valence-corrected chi connectivity index (χ4v) is 2.76. The Morgan fingerprint density at radius 2 is 1.69 bits per heavy atom. The van der Waals surface area contributed by atoms with Gasteiger partial charge in [-0.25, -0.2) is 4.79 Å². The zero-order valence-electron chi connectivity index (χ0n) is 16.3. The Labute approximate surface area is 167 Å². The van der Waals surface area contributed by atoms with E-state index < -0.39 is 60.4 Å². The molecule has 12 nitrogen and oxygen atoms in total. The van der Waals surface area contributed by atoms with Crippen molar-refractivity contribution in [3.05, 3.63) is 0 Å². The SMILES string of the molecule is CC(NC(=O)C1CCCN1)C(=O)NC(CCC(=O)O)C(=O)NC(C(=O)O)C(C)O. The van der Waals surface area contributed by atoms with E-state index in [2.05, 4.69) is 21.3 Å². The Bertz CT molecular complexity index is 633.